The molecule has 3 aliphatic rings. The van der Waals surface area contributed by atoms with Gasteiger partial charge in [-0.15, -0.1) is 10.2 Å². The highest BCUT2D eigenvalue weighted by atomic mass is 32.2. The van der Waals surface area contributed by atoms with E-state index in [9.17, 15) is 18.0 Å². The number of nitrogens with one attached hydrogen (secondary N) is 4. The normalized spacial score (nSPS) is 15.9. The molecule has 2 amide bonds. The van der Waals surface area contributed by atoms with Gasteiger partial charge in [-0.1, -0.05) is 85.2 Å². The Bertz CT molecular complexity index is 5160. The van der Waals surface area contributed by atoms with Crippen LogP contribution in [-0.2, 0) is 54.7 Å². The molecule has 3 fully saturated rings. The largest absolute Gasteiger partial charge is 0.367 e. The Labute approximate surface area is 620 Å². The van der Waals surface area contributed by atoms with Crippen LogP contribution in [0.15, 0.2) is 153 Å². The molecule has 1 saturated heterocycles. The number of carbonyl (C=O) groups excluding carboxylic acids is 2. The van der Waals surface area contributed by atoms with E-state index in [0.717, 1.165) is 183 Å². The smallest absolute Gasteiger partial charge is 0.219 e. The zero-order valence-electron chi connectivity index (χ0n) is 61.2. The molecule has 548 valence electrons. The van der Waals surface area contributed by atoms with Crippen molar-refractivity contribution in [2.75, 3.05) is 47.6 Å². The number of likely N-dealkylation sites (tertiary alicyclic amines) is 1. The Hall–Kier alpha value is -11.2. The number of aromatic nitrogens is 18. The number of carbonyl (C=O) groups is 2. The standard InChI is InChI=1S/C27H32N8O.C25H28N8O.C25H29N7O2S2/c1-19(36)33-27(10-5-4-6-11-27)18-29-26-24(23-14-31-35(3)17-23)15-28-25(32-26)21-9-7-8-20(12-21)22-13-30-34(2)16-22;1-17(34)33-9-7-22(8-10-33)29-25-23(21-13-28-32(3)16-21)14-26-24(30-25)19-6-4-5-18(11-19)20-12-27-31(2)15-20;1-16-30-31-25(35-16)22-13-26-23(19-6-4-5-18(11-19)20-12-27-32(2)14-20)29-24(22)28-21-9-7-17(8-10-21)15-36(3,33)34/h7-9,12-17H,4-6,10-11,18H2,1-3H3,(H,33,36)(H,28,29,32);4-6,11-16,22H,7-10H2,1-3H3,(H,26,29,30);4-6,11-14,17,21H,7-10,15H2,1-3H3,(H,26,28,29). The van der Waals surface area contributed by atoms with Crippen molar-refractivity contribution in [2.45, 2.75) is 109 Å². The van der Waals surface area contributed by atoms with E-state index in [0.29, 0.717) is 24.0 Å². The second-order valence-corrected chi connectivity index (χ2v) is 31.4. The third-order valence-corrected chi connectivity index (χ3v) is 21.4. The third kappa shape index (κ3) is 18.5. The number of nitrogens with zero attached hydrogens (tertiary/aromatic N) is 19. The molecule has 0 unspecified atom stereocenters. The summed E-state index contributed by atoms with van der Waals surface area (Å²) in [6.07, 6.45) is 36.5. The second-order valence-electron chi connectivity index (χ2n) is 28.0. The Morgan fingerprint density at radius 2 is 0.906 bits per heavy atom. The van der Waals surface area contributed by atoms with Crippen molar-refractivity contribution in [3.63, 3.8) is 0 Å². The summed E-state index contributed by atoms with van der Waals surface area (Å²) in [6, 6.07) is 24.9. The van der Waals surface area contributed by atoms with Crippen molar-refractivity contribution in [1.82, 2.24) is 99.2 Å². The first-order valence-corrected chi connectivity index (χ1v) is 38.6. The molecule has 0 radical (unpaired) electrons. The molecule has 27 nitrogen and oxygen atoms in total. The quantitative estimate of drug-likeness (QED) is 0.0584. The summed E-state index contributed by atoms with van der Waals surface area (Å²) >= 11 is 1.51. The predicted molar refractivity (Wildman–Crippen MR) is 413 cm³/mol. The summed E-state index contributed by atoms with van der Waals surface area (Å²) in [7, 11) is 6.55. The summed E-state index contributed by atoms with van der Waals surface area (Å²) in [6.45, 7) is 7.25. The number of hydrogen-bond acceptors (Lipinski definition) is 21. The first-order valence-electron chi connectivity index (χ1n) is 35.8. The van der Waals surface area contributed by atoms with E-state index < -0.39 is 9.84 Å². The first-order chi connectivity index (χ1) is 51.1. The number of anilines is 3. The average Bonchev–Trinajstić information content (AvgIpc) is 1.31. The number of benzene rings is 3. The number of aryl methyl sites for hydroxylation is 6. The number of sulfone groups is 1. The molecule has 2 aliphatic carbocycles. The van der Waals surface area contributed by atoms with Crippen molar-refractivity contribution < 1.29 is 18.0 Å². The molecule has 15 rings (SSSR count). The SMILES string of the molecule is CC(=O)N1CCC(Nc2nc(-c3cccc(-c4cnn(C)c4)c3)ncc2-c2cnn(C)c2)CC1.CC(=O)NC1(CNc2nc(-c3cccc(-c4cnn(C)c4)c3)ncc2-c2cnn(C)c2)CCCCC1.Cc1nnc(-c2cnc(-c3cccc(-c4cnn(C)c4)c3)nc2NC2CCC(CS(C)(=O)=O)CC2)s1. The molecule has 0 atom stereocenters. The van der Waals surface area contributed by atoms with Crippen LogP contribution in [0.2, 0.25) is 0 Å². The molecule has 10 heterocycles. The summed E-state index contributed by atoms with van der Waals surface area (Å²) in [5, 5.41) is 45.7. The maximum atomic E-state index is 12.0. The minimum Gasteiger partial charge on any atom is -0.367 e. The maximum absolute atomic E-state index is 12.0. The Morgan fingerprint density at radius 3 is 1.31 bits per heavy atom. The molecular weight excluding hydrogens is 1380 g/mol. The summed E-state index contributed by atoms with van der Waals surface area (Å²) < 4.78 is 32.3. The second kappa shape index (κ2) is 32.4. The highest BCUT2D eigenvalue weighted by Gasteiger charge is 2.34. The van der Waals surface area contributed by atoms with Crippen LogP contribution in [0.5, 0.6) is 0 Å². The minimum absolute atomic E-state index is 0.00164. The number of piperidine rings is 1. The van der Waals surface area contributed by atoms with Gasteiger partial charge in [-0.05, 0) is 99.1 Å². The van der Waals surface area contributed by atoms with Gasteiger partial charge in [-0.2, -0.15) is 25.5 Å². The first kappa shape index (κ1) is 73.1. The van der Waals surface area contributed by atoms with Gasteiger partial charge in [-0.3, -0.25) is 33.0 Å². The van der Waals surface area contributed by atoms with E-state index >= 15 is 0 Å². The van der Waals surface area contributed by atoms with E-state index in [4.69, 9.17) is 24.9 Å². The molecule has 3 aromatic carbocycles. The molecule has 0 spiro atoms. The summed E-state index contributed by atoms with van der Waals surface area (Å²) in [5.41, 5.74) is 13.3. The van der Waals surface area contributed by atoms with Gasteiger partial charge in [0.1, 0.15) is 32.3 Å². The number of rotatable bonds is 19. The Balaban J connectivity index is 0.000000141. The lowest BCUT2D eigenvalue weighted by atomic mass is 9.81. The molecule has 106 heavy (non-hydrogen) atoms. The molecule has 2 saturated carbocycles. The van der Waals surface area contributed by atoms with E-state index in [1.54, 1.807) is 37.3 Å². The van der Waals surface area contributed by atoms with Gasteiger partial charge in [0.05, 0.1) is 47.8 Å². The van der Waals surface area contributed by atoms with Gasteiger partial charge in [-0.25, -0.2) is 38.3 Å². The van der Waals surface area contributed by atoms with Crippen LogP contribution >= 0.6 is 11.3 Å². The topological polar surface area (TPSA) is 312 Å². The fourth-order valence-corrected chi connectivity index (χ4v) is 16.0. The number of hydrogen-bond donors (Lipinski definition) is 4. The van der Waals surface area contributed by atoms with Crippen molar-refractivity contribution in [1.29, 1.82) is 0 Å². The molecule has 0 bridgehead atoms. The molecule has 9 aromatic heterocycles. The molecule has 29 heteroatoms. The summed E-state index contributed by atoms with van der Waals surface area (Å²) in [4.78, 5) is 54.6. The van der Waals surface area contributed by atoms with Gasteiger partial charge in [0.2, 0.25) is 11.8 Å². The van der Waals surface area contributed by atoms with Gasteiger partial charge < -0.3 is 26.2 Å². The van der Waals surface area contributed by atoms with Crippen LogP contribution in [-0.4, -0.2) is 163 Å². The van der Waals surface area contributed by atoms with E-state index in [2.05, 4.69) is 92.3 Å². The van der Waals surface area contributed by atoms with Crippen LogP contribution < -0.4 is 21.3 Å². The van der Waals surface area contributed by atoms with Crippen LogP contribution in [0.4, 0.5) is 17.5 Å². The number of amides is 2. The fourth-order valence-electron chi connectivity index (χ4n) is 14.1. The highest BCUT2D eigenvalue weighted by Crippen LogP contribution is 2.38. The summed E-state index contributed by atoms with van der Waals surface area (Å²) in [5.74, 6) is 4.78. The lowest BCUT2D eigenvalue weighted by Crippen LogP contribution is -2.53. The lowest BCUT2D eigenvalue weighted by Gasteiger charge is -2.38. The predicted octanol–water partition coefficient (Wildman–Crippen LogP) is 11.9. The van der Waals surface area contributed by atoms with Crippen LogP contribution in [0.3, 0.4) is 0 Å². The molecule has 4 N–H and O–H groups in total. The van der Waals surface area contributed by atoms with E-state index in [1.165, 1.54) is 24.0 Å². The Morgan fingerprint density at radius 1 is 0.500 bits per heavy atom. The maximum Gasteiger partial charge on any atom is 0.219 e. The molecular formula is C77H89N23O4S2. The van der Waals surface area contributed by atoms with Gasteiger partial charge in [0, 0.05) is 192 Å². The Kier molecular flexibility index (Phi) is 22.4. The average molecular weight is 1460 g/mol. The van der Waals surface area contributed by atoms with E-state index in [1.807, 2.05) is 170 Å². The monoisotopic (exact) mass is 1460 g/mol. The van der Waals surface area contributed by atoms with Crippen LogP contribution in [0.25, 0.3) is 100 Å². The van der Waals surface area contributed by atoms with Crippen molar-refractivity contribution >= 4 is 50.4 Å². The van der Waals surface area contributed by atoms with Crippen molar-refractivity contribution in [2.24, 2.45) is 41.2 Å². The van der Waals surface area contributed by atoms with Crippen molar-refractivity contribution in [3.8, 4) is 100 Å². The van der Waals surface area contributed by atoms with Crippen LogP contribution in [0.1, 0.15) is 89.5 Å². The minimum atomic E-state index is -2.96. The van der Waals surface area contributed by atoms with Crippen LogP contribution in [0, 0.1) is 12.8 Å². The zero-order valence-corrected chi connectivity index (χ0v) is 62.9. The van der Waals surface area contributed by atoms with E-state index in [-0.39, 0.29) is 41.1 Å². The third-order valence-electron chi connectivity index (χ3n) is 19.5. The van der Waals surface area contributed by atoms with Gasteiger partial charge in [0.15, 0.2) is 22.5 Å². The molecule has 1 aliphatic heterocycles. The zero-order chi connectivity index (χ0) is 74.1. The van der Waals surface area contributed by atoms with Gasteiger partial charge in [0.25, 0.3) is 0 Å². The lowest BCUT2D eigenvalue weighted by molar-refractivity contribution is -0.129. The van der Waals surface area contributed by atoms with Gasteiger partial charge >= 0.3 is 0 Å². The molecule has 12 aromatic rings. The highest BCUT2D eigenvalue weighted by molar-refractivity contribution is 7.90. The van der Waals surface area contributed by atoms with Crippen molar-refractivity contribution in [3.05, 3.63) is 158 Å². The fraction of sp³-hybridized carbons (Fsp3) is 0.364.